The lowest BCUT2D eigenvalue weighted by atomic mass is 10.1. The molecule has 2 aromatic carbocycles. The monoisotopic (exact) mass is 272 g/mol. The molecule has 0 bridgehead atoms. The van der Waals surface area contributed by atoms with Crippen molar-refractivity contribution in [2.24, 2.45) is 0 Å². The summed E-state index contributed by atoms with van der Waals surface area (Å²) in [6, 6.07) is 12.5. The molecule has 0 unspecified atom stereocenters. The summed E-state index contributed by atoms with van der Waals surface area (Å²) in [6.07, 6.45) is 2.24. The summed E-state index contributed by atoms with van der Waals surface area (Å²) in [5.74, 6) is 1.84. The highest BCUT2D eigenvalue weighted by Gasteiger charge is 2.27. The van der Waals surface area contributed by atoms with Crippen LogP contribution in [0.4, 0.5) is 4.39 Å². The molecule has 1 aliphatic rings. The second kappa shape index (κ2) is 5.53. The van der Waals surface area contributed by atoms with Gasteiger partial charge in [-0.3, -0.25) is 0 Å². The summed E-state index contributed by atoms with van der Waals surface area (Å²) < 4.78 is 24.5. The topological polar surface area (TPSA) is 18.5 Å². The largest absolute Gasteiger partial charge is 0.496 e. The third kappa shape index (κ3) is 2.77. The zero-order valence-electron chi connectivity index (χ0n) is 11.4. The normalized spacial score (nSPS) is 14.1. The fourth-order valence-electron chi connectivity index (χ4n) is 2.34. The van der Waals surface area contributed by atoms with E-state index in [9.17, 15) is 4.39 Å². The van der Waals surface area contributed by atoms with E-state index in [1.54, 1.807) is 19.2 Å². The van der Waals surface area contributed by atoms with Crippen LogP contribution in [-0.4, -0.2) is 7.11 Å². The predicted octanol–water partition coefficient (Wildman–Crippen LogP) is 4.29. The smallest absolute Gasteiger partial charge is 0.125 e. The molecule has 1 fully saturated rings. The number of para-hydroxylation sites is 1. The molecular weight excluding hydrogens is 255 g/mol. The van der Waals surface area contributed by atoms with Crippen LogP contribution in [-0.2, 0) is 6.61 Å². The Labute approximate surface area is 118 Å². The Morgan fingerprint density at radius 1 is 1.10 bits per heavy atom. The quantitative estimate of drug-likeness (QED) is 0.808. The van der Waals surface area contributed by atoms with Crippen LogP contribution in [0.15, 0.2) is 42.5 Å². The number of halogens is 1. The molecule has 0 aromatic heterocycles. The third-order valence-corrected chi connectivity index (χ3v) is 3.56. The van der Waals surface area contributed by atoms with Gasteiger partial charge in [0.1, 0.15) is 23.9 Å². The molecule has 1 saturated carbocycles. The van der Waals surface area contributed by atoms with E-state index in [1.165, 1.54) is 6.07 Å². The van der Waals surface area contributed by atoms with E-state index in [0.717, 1.165) is 35.5 Å². The Balaban J connectivity index is 1.78. The summed E-state index contributed by atoms with van der Waals surface area (Å²) in [4.78, 5) is 0. The van der Waals surface area contributed by atoms with Crippen LogP contribution in [0.2, 0.25) is 0 Å². The van der Waals surface area contributed by atoms with Crippen LogP contribution < -0.4 is 9.47 Å². The molecule has 2 nitrogen and oxygen atoms in total. The Hall–Kier alpha value is -2.03. The Bertz CT molecular complexity index is 606. The minimum absolute atomic E-state index is 0.198. The van der Waals surface area contributed by atoms with Crippen LogP contribution in [0.25, 0.3) is 0 Å². The number of benzene rings is 2. The maximum atomic E-state index is 13.3. The van der Waals surface area contributed by atoms with Crippen molar-refractivity contribution in [1.29, 1.82) is 0 Å². The highest BCUT2D eigenvalue weighted by molar-refractivity contribution is 5.40. The maximum Gasteiger partial charge on any atom is 0.125 e. The first-order chi connectivity index (χ1) is 9.78. The van der Waals surface area contributed by atoms with Crippen LogP contribution in [0.3, 0.4) is 0 Å². The summed E-state index contributed by atoms with van der Waals surface area (Å²) >= 11 is 0. The highest BCUT2D eigenvalue weighted by Crippen LogP contribution is 2.44. The zero-order chi connectivity index (χ0) is 13.9. The van der Waals surface area contributed by atoms with Crippen molar-refractivity contribution in [2.45, 2.75) is 25.4 Å². The van der Waals surface area contributed by atoms with Crippen molar-refractivity contribution < 1.29 is 13.9 Å². The number of ether oxygens (including phenoxy) is 2. The standard InChI is InChI=1S/C17H17FO2/c1-19-16-5-3-2-4-13(16)11-20-17-9-8-14(18)10-15(17)12-6-7-12/h2-5,8-10,12H,6-7,11H2,1H3. The molecule has 0 spiro atoms. The minimum atomic E-state index is -0.198. The van der Waals surface area contributed by atoms with Crippen LogP contribution in [0.1, 0.15) is 29.9 Å². The van der Waals surface area contributed by atoms with Crippen LogP contribution >= 0.6 is 0 Å². The van der Waals surface area contributed by atoms with Crippen molar-refractivity contribution in [1.82, 2.24) is 0 Å². The molecule has 0 heterocycles. The van der Waals surface area contributed by atoms with Crippen molar-refractivity contribution in [3.63, 3.8) is 0 Å². The lowest BCUT2D eigenvalue weighted by Gasteiger charge is -2.13. The van der Waals surface area contributed by atoms with Crippen LogP contribution in [0, 0.1) is 5.82 Å². The molecule has 0 aliphatic heterocycles. The Morgan fingerprint density at radius 3 is 2.65 bits per heavy atom. The molecule has 3 rings (SSSR count). The average Bonchev–Trinajstić information content (AvgIpc) is 3.31. The molecule has 0 radical (unpaired) electrons. The number of methoxy groups -OCH3 is 1. The third-order valence-electron chi connectivity index (χ3n) is 3.56. The van der Waals surface area contributed by atoms with Crippen molar-refractivity contribution in [2.75, 3.05) is 7.11 Å². The van der Waals surface area contributed by atoms with Gasteiger partial charge in [0, 0.05) is 11.1 Å². The van der Waals surface area contributed by atoms with Crippen molar-refractivity contribution in [3.8, 4) is 11.5 Å². The maximum absolute atomic E-state index is 13.3. The van der Waals surface area contributed by atoms with E-state index in [-0.39, 0.29) is 5.82 Å². The Kier molecular flexibility index (Phi) is 3.59. The van der Waals surface area contributed by atoms with Gasteiger partial charge >= 0.3 is 0 Å². The van der Waals surface area contributed by atoms with Gasteiger partial charge in [0.15, 0.2) is 0 Å². The lowest BCUT2D eigenvalue weighted by Crippen LogP contribution is -2.00. The SMILES string of the molecule is COc1ccccc1COc1ccc(F)cc1C1CC1. The van der Waals surface area contributed by atoms with Gasteiger partial charge in [0.05, 0.1) is 7.11 Å². The summed E-state index contributed by atoms with van der Waals surface area (Å²) in [5.41, 5.74) is 1.97. The van der Waals surface area contributed by atoms with Gasteiger partial charge in [-0.2, -0.15) is 0 Å². The fraction of sp³-hybridized carbons (Fsp3) is 0.294. The first-order valence-corrected chi connectivity index (χ1v) is 6.82. The van der Waals surface area contributed by atoms with E-state index >= 15 is 0 Å². The van der Waals surface area contributed by atoms with Crippen LogP contribution in [0.5, 0.6) is 11.5 Å². The van der Waals surface area contributed by atoms with Gasteiger partial charge in [0.25, 0.3) is 0 Å². The van der Waals surface area contributed by atoms with Gasteiger partial charge in [0.2, 0.25) is 0 Å². The predicted molar refractivity (Wildman–Crippen MR) is 75.7 cm³/mol. The summed E-state index contributed by atoms with van der Waals surface area (Å²) in [7, 11) is 1.65. The second-order valence-electron chi connectivity index (χ2n) is 5.06. The van der Waals surface area contributed by atoms with Crippen molar-refractivity contribution in [3.05, 3.63) is 59.4 Å². The summed E-state index contributed by atoms with van der Waals surface area (Å²) in [6.45, 7) is 0.426. The van der Waals surface area contributed by atoms with Gasteiger partial charge in [-0.05, 0) is 43.0 Å². The van der Waals surface area contributed by atoms with Gasteiger partial charge in [-0.15, -0.1) is 0 Å². The summed E-state index contributed by atoms with van der Waals surface area (Å²) in [5, 5.41) is 0. The zero-order valence-corrected chi connectivity index (χ0v) is 11.4. The second-order valence-corrected chi connectivity index (χ2v) is 5.06. The van der Waals surface area contributed by atoms with Crippen molar-refractivity contribution >= 4 is 0 Å². The van der Waals surface area contributed by atoms with Gasteiger partial charge in [-0.1, -0.05) is 18.2 Å². The molecule has 0 N–H and O–H groups in total. The van der Waals surface area contributed by atoms with Gasteiger partial charge < -0.3 is 9.47 Å². The molecule has 0 atom stereocenters. The molecule has 3 heteroatoms. The number of rotatable bonds is 5. The molecular formula is C17H17FO2. The lowest BCUT2D eigenvalue weighted by molar-refractivity contribution is 0.293. The number of hydrogen-bond acceptors (Lipinski definition) is 2. The molecule has 0 amide bonds. The highest BCUT2D eigenvalue weighted by atomic mass is 19.1. The fourth-order valence-corrected chi connectivity index (χ4v) is 2.34. The first kappa shape index (κ1) is 13.0. The molecule has 0 saturated heterocycles. The van der Waals surface area contributed by atoms with E-state index in [4.69, 9.17) is 9.47 Å². The average molecular weight is 272 g/mol. The molecule has 2 aromatic rings. The molecule has 20 heavy (non-hydrogen) atoms. The van der Waals surface area contributed by atoms with E-state index in [1.807, 2.05) is 24.3 Å². The van der Waals surface area contributed by atoms with E-state index in [0.29, 0.717) is 12.5 Å². The van der Waals surface area contributed by atoms with E-state index in [2.05, 4.69) is 0 Å². The Morgan fingerprint density at radius 2 is 1.90 bits per heavy atom. The van der Waals surface area contributed by atoms with E-state index < -0.39 is 0 Å². The molecule has 104 valence electrons. The van der Waals surface area contributed by atoms with Gasteiger partial charge in [-0.25, -0.2) is 4.39 Å². The number of hydrogen-bond donors (Lipinski definition) is 0. The minimum Gasteiger partial charge on any atom is -0.496 e. The molecule has 1 aliphatic carbocycles. The first-order valence-electron chi connectivity index (χ1n) is 6.82.